The number of benzene rings is 1. The fourth-order valence-corrected chi connectivity index (χ4v) is 2.74. The van der Waals surface area contributed by atoms with E-state index in [0.717, 1.165) is 17.0 Å². The maximum Gasteiger partial charge on any atom is 0.0921 e. The number of alkyl halides is 1. The highest BCUT2D eigenvalue weighted by Crippen LogP contribution is 2.24. The van der Waals surface area contributed by atoms with Crippen LogP contribution in [0.25, 0.3) is 0 Å². The molecule has 2 atom stereocenters. The van der Waals surface area contributed by atoms with Gasteiger partial charge in [-0.3, -0.25) is 0 Å². The van der Waals surface area contributed by atoms with Gasteiger partial charge in [0.1, 0.15) is 0 Å². The molecule has 0 heterocycles. The van der Waals surface area contributed by atoms with Crippen LogP contribution in [0.2, 0.25) is 5.02 Å². The number of halogens is 2. The van der Waals surface area contributed by atoms with Crippen LogP contribution < -0.4 is 0 Å². The van der Waals surface area contributed by atoms with Crippen LogP contribution in [-0.2, 0) is 4.74 Å². The molecular weight excluding hydrogens is 324 g/mol. The van der Waals surface area contributed by atoms with Crippen LogP contribution in [0.4, 0.5) is 0 Å². The molecule has 1 aromatic carbocycles. The lowest BCUT2D eigenvalue weighted by atomic mass is 10.0. The number of hydrogen-bond acceptors (Lipinski definition) is 1. The minimum Gasteiger partial charge on any atom is -0.372 e. The predicted octanol–water partition coefficient (Wildman–Crippen LogP) is 6.01. The minimum atomic E-state index is 0.118. The van der Waals surface area contributed by atoms with Crippen molar-refractivity contribution in [3.63, 3.8) is 0 Å². The van der Waals surface area contributed by atoms with E-state index >= 15 is 0 Å². The number of unbranched alkanes of at least 4 members (excludes halogenated alkanes) is 1. The number of rotatable bonds is 9. The molecule has 0 radical (unpaired) electrons. The maximum atomic E-state index is 6.08. The molecule has 0 bridgehead atoms. The van der Waals surface area contributed by atoms with E-state index in [1.165, 1.54) is 31.2 Å². The monoisotopic (exact) mass is 346 g/mol. The molecule has 108 valence electrons. The van der Waals surface area contributed by atoms with Gasteiger partial charge >= 0.3 is 0 Å². The van der Waals surface area contributed by atoms with E-state index in [4.69, 9.17) is 16.3 Å². The van der Waals surface area contributed by atoms with Crippen molar-refractivity contribution in [2.45, 2.75) is 45.6 Å². The van der Waals surface area contributed by atoms with Gasteiger partial charge in [-0.1, -0.05) is 72.8 Å². The molecule has 0 amide bonds. The van der Waals surface area contributed by atoms with Crippen molar-refractivity contribution in [3.05, 3.63) is 34.9 Å². The first kappa shape index (κ1) is 17.0. The Labute approximate surface area is 130 Å². The van der Waals surface area contributed by atoms with Gasteiger partial charge in [0.05, 0.1) is 12.7 Å². The smallest absolute Gasteiger partial charge is 0.0921 e. The van der Waals surface area contributed by atoms with Crippen LogP contribution in [0, 0.1) is 5.92 Å². The summed E-state index contributed by atoms with van der Waals surface area (Å²) in [4.78, 5) is 0. The van der Waals surface area contributed by atoms with E-state index in [0.29, 0.717) is 5.92 Å². The molecule has 0 aliphatic heterocycles. The first-order valence-electron chi connectivity index (χ1n) is 7.14. The molecule has 0 N–H and O–H groups in total. The SMILES string of the molecule is CCCCC(CC)COC(CBr)c1ccc(Cl)cc1. The third-order valence-electron chi connectivity index (χ3n) is 3.46. The first-order valence-corrected chi connectivity index (χ1v) is 8.64. The van der Waals surface area contributed by atoms with E-state index in [-0.39, 0.29) is 6.10 Å². The molecule has 0 saturated carbocycles. The zero-order valence-electron chi connectivity index (χ0n) is 11.9. The van der Waals surface area contributed by atoms with Gasteiger partial charge in [0, 0.05) is 10.4 Å². The second kappa shape index (κ2) is 9.79. The molecule has 0 aromatic heterocycles. The average molecular weight is 348 g/mol. The fraction of sp³-hybridized carbons (Fsp3) is 0.625. The normalized spacial score (nSPS) is 14.3. The second-order valence-electron chi connectivity index (χ2n) is 4.94. The van der Waals surface area contributed by atoms with Crippen LogP contribution in [0.1, 0.15) is 51.2 Å². The minimum absolute atomic E-state index is 0.118. The van der Waals surface area contributed by atoms with Crippen LogP contribution in [0.5, 0.6) is 0 Å². The molecular formula is C16H24BrClO. The summed E-state index contributed by atoms with van der Waals surface area (Å²) in [5.74, 6) is 0.675. The second-order valence-corrected chi connectivity index (χ2v) is 6.03. The molecule has 0 aliphatic carbocycles. The summed E-state index contributed by atoms with van der Waals surface area (Å²) in [6.45, 7) is 5.33. The molecule has 0 saturated heterocycles. The number of hydrogen-bond donors (Lipinski definition) is 0. The van der Waals surface area contributed by atoms with Gasteiger partial charge in [-0.05, 0) is 30.0 Å². The van der Waals surface area contributed by atoms with Crippen LogP contribution in [0.3, 0.4) is 0 Å². The number of ether oxygens (including phenoxy) is 1. The van der Waals surface area contributed by atoms with Crippen LogP contribution >= 0.6 is 27.5 Å². The highest BCUT2D eigenvalue weighted by molar-refractivity contribution is 9.09. The predicted molar refractivity (Wildman–Crippen MR) is 87.2 cm³/mol. The first-order chi connectivity index (χ1) is 9.21. The summed E-state index contributed by atoms with van der Waals surface area (Å²) < 4.78 is 6.08. The topological polar surface area (TPSA) is 9.23 Å². The summed E-state index contributed by atoms with van der Waals surface area (Å²) in [6.07, 6.45) is 5.13. The Morgan fingerprint density at radius 3 is 2.42 bits per heavy atom. The molecule has 19 heavy (non-hydrogen) atoms. The lowest BCUT2D eigenvalue weighted by molar-refractivity contribution is 0.0393. The van der Waals surface area contributed by atoms with Crippen molar-refractivity contribution in [1.82, 2.24) is 0 Å². The lowest BCUT2D eigenvalue weighted by Gasteiger charge is -2.20. The van der Waals surface area contributed by atoms with E-state index in [1.807, 2.05) is 24.3 Å². The third-order valence-corrected chi connectivity index (χ3v) is 4.30. The van der Waals surface area contributed by atoms with E-state index < -0.39 is 0 Å². The highest BCUT2D eigenvalue weighted by atomic mass is 79.9. The van der Waals surface area contributed by atoms with Crippen LogP contribution in [0.15, 0.2) is 24.3 Å². The molecule has 1 aromatic rings. The van der Waals surface area contributed by atoms with Crippen molar-refractivity contribution in [2.24, 2.45) is 5.92 Å². The molecule has 0 fully saturated rings. The van der Waals surface area contributed by atoms with Crippen molar-refractivity contribution >= 4 is 27.5 Å². The summed E-state index contributed by atoms with van der Waals surface area (Å²) >= 11 is 9.45. The standard InChI is InChI=1S/C16H24BrClO/c1-3-5-6-13(4-2)12-19-16(11-17)14-7-9-15(18)10-8-14/h7-10,13,16H,3-6,11-12H2,1-2H3. The molecule has 3 heteroatoms. The van der Waals surface area contributed by atoms with Gasteiger partial charge in [-0.25, -0.2) is 0 Å². The average Bonchev–Trinajstić information content (AvgIpc) is 2.44. The Hall–Kier alpha value is -0.0500. The summed E-state index contributed by atoms with van der Waals surface area (Å²) in [5.41, 5.74) is 1.19. The van der Waals surface area contributed by atoms with Crippen molar-refractivity contribution in [3.8, 4) is 0 Å². The Morgan fingerprint density at radius 2 is 1.89 bits per heavy atom. The summed E-state index contributed by atoms with van der Waals surface area (Å²) in [5, 5.41) is 1.59. The summed E-state index contributed by atoms with van der Waals surface area (Å²) in [7, 11) is 0. The zero-order valence-corrected chi connectivity index (χ0v) is 14.2. The van der Waals surface area contributed by atoms with Crippen LogP contribution in [-0.4, -0.2) is 11.9 Å². The van der Waals surface area contributed by atoms with Gasteiger partial charge in [-0.15, -0.1) is 0 Å². The van der Waals surface area contributed by atoms with E-state index in [1.54, 1.807) is 0 Å². The maximum absolute atomic E-state index is 6.08. The third kappa shape index (κ3) is 6.29. The molecule has 2 unspecified atom stereocenters. The van der Waals surface area contributed by atoms with Crippen molar-refractivity contribution in [1.29, 1.82) is 0 Å². The van der Waals surface area contributed by atoms with Crippen molar-refractivity contribution < 1.29 is 4.74 Å². The Kier molecular flexibility index (Phi) is 8.76. The quantitative estimate of drug-likeness (QED) is 0.497. The molecule has 0 aliphatic rings. The molecule has 0 spiro atoms. The van der Waals surface area contributed by atoms with E-state index in [2.05, 4.69) is 29.8 Å². The van der Waals surface area contributed by atoms with Gasteiger partial charge in [0.15, 0.2) is 0 Å². The summed E-state index contributed by atoms with van der Waals surface area (Å²) in [6, 6.07) is 7.93. The lowest BCUT2D eigenvalue weighted by Crippen LogP contribution is -2.14. The fourth-order valence-electron chi connectivity index (χ4n) is 2.06. The molecule has 1 nitrogen and oxygen atoms in total. The molecule has 1 rings (SSSR count). The van der Waals surface area contributed by atoms with Crippen molar-refractivity contribution in [2.75, 3.05) is 11.9 Å². The largest absolute Gasteiger partial charge is 0.372 e. The zero-order chi connectivity index (χ0) is 14.1. The Balaban J connectivity index is 2.49. The van der Waals surface area contributed by atoms with E-state index in [9.17, 15) is 0 Å². The van der Waals surface area contributed by atoms with Gasteiger partial charge < -0.3 is 4.74 Å². The Morgan fingerprint density at radius 1 is 1.21 bits per heavy atom. The van der Waals surface area contributed by atoms with Gasteiger partial charge in [-0.2, -0.15) is 0 Å². The highest BCUT2D eigenvalue weighted by Gasteiger charge is 2.13. The Bertz CT molecular complexity index is 339. The van der Waals surface area contributed by atoms with Gasteiger partial charge in [0.25, 0.3) is 0 Å². The van der Waals surface area contributed by atoms with Gasteiger partial charge in [0.2, 0.25) is 0 Å².